The summed E-state index contributed by atoms with van der Waals surface area (Å²) in [6, 6.07) is 16.9. The molecule has 1 aliphatic heterocycles. The van der Waals surface area contributed by atoms with Gasteiger partial charge >= 0.3 is 0 Å². The molecule has 1 nitrogen and oxygen atoms in total. The highest BCUT2D eigenvalue weighted by molar-refractivity contribution is 9.12. The van der Waals surface area contributed by atoms with E-state index in [0.717, 1.165) is 27.0 Å². The van der Waals surface area contributed by atoms with Crippen molar-refractivity contribution in [2.24, 2.45) is 0 Å². The predicted molar refractivity (Wildman–Crippen MR) is 98.2 cm³/mol. The molecule has 0 spiro atoms. The van der Waals surface area contributed by atoms with Crippen molar-refractivity contribution in [3.05, 3.63) is 94.4 Å². The van der Waals surface area contributed by atoms with Crippen LogP contribution in [0.4, 0.5) is 4.39 Å². The summed E-state index contributed by atoms with van der Waals surface area (Å²) < 4.78 is 15.4. The number of benzene rings is 2. The van der Waals surface area contributed by atoms with Crippen LogP contribution in [0.1, 0.15) is 18.1 Å². The van der Waals surface area contributed by atoms with E-state index in [1.165, 1.54) is 6.07 Å². The molecular formula is C20H17BrFN. The van der Waals surface area contributed by atoms with Gasteiger partial charge in [-0.25, -0.2) is 4.39 Å². The van der Waals surface area contributed by atoms with Crippen LogP contribution >= 0.6 is 15.9 Å². The van der Waals surface area contributed by atoms with E-state index in [0.29, 0.717) is 12.1 Å². The fourth-order valence-electron chi connectivity index (χ4n) is 2.82. The molecule has 0 saturated heterocycles. The number of likely N-dealkylation sites (N-methyl/N-ethyl adjacent to an activating group) is 1. The van der Waals surface area contributed by atoms with E-state index in [4.69, 9.17) is 0 Å². The minimum Gasteiger partial charge on any atom is -0.340 e. The second-order valence-electron chi connectivity index (χ2n) is 5.29. The Labute approximate surface area is 144 Å². The summed E-state index contributed by atoms with van der Waals surface area (Å²) in [5, 5.41) is 0. The van der Waals surface area contributed by atoms with Gasteiger partial charge in [-0.05, 0) is 46.6 Å². The molecular weight excluding hydrogens is 353 g/mol. The van der Waals surface area contributed by atoms with Crippen LogP contribution in [0.15, 0.2) is 77.4 Å². The summed E-state index contributed by atoms with van der Waals surface area (Å²) in [6.07, 6.45) is 2.02. The zero-order valence-corrected chi connectivity index (χ0v) is 14.5. The van der Waals surface area contributed by atoms with Crippen molar-refractivity contribution in [1.82, 2.24) is 4.90 Å². The Balaban J connectivity index is 2.32. The number of rotatable bonds is 3. The zero-order chi connectivity index (χ0) is 16.4. The van der Waals surface area contributed by atoms with Gasteiger partial charge in [0.25, 0.3) is 0 Å². The Morgan fingerprint density at radius 1 is 1.04 bits per heavy atom. The molecule has 0 aromatic heterocycles. The van der Waals surface area contributed by atoms with E-state index in [9.17, 15) is 4.39 Å². The SMILES string of the molecule is C=C1C(Br)=CC(c2ccccc2)=C(c2ccccc2F)N1CC. The Bertz CT molecular complexity index is 805. The van der Waals surface area contributed by atoms with Crippen LogP contribution in [-0.4, -0.2) is 11.4 Å². The molecule has 0 atom stereocenters. The van der Waals surface area contributed by atoms with Crippen molar-refractivity contribution in [3.63, 3.8) is 0 Å². The van der Waals surface area contributed by atoms with Gasteiger partial charge in [-0.3, -0.25) is 0 Å². The van der Waals surface area contributed by atoms with E-state index in [2.05, 4.69) is 22.5 Å². The van der Waals surface area contributed by atoms with Crippen LogP contribution in [0.25, 0.3) is 11.3 Å². The van der Waals surface area contributed by atoms with E-state index in [1.54, 1.807) is 6.07 Å². The van der Waals surface area contributed by atoms with Crippen LogP contribution < -0.4 is 0 Å². The van der Waals surface area contributed by atoms with Gasteiger partial charge in [-0.2, -0.15) is 0 Å². The average molecular weight is 370 g/mol. The largest absolute Gasteiger partial charge is 0.340 e. The molecule has 3 rings (SSSR count). The highest BCUT2D eigenvalue weighted by atomic mass is 79.9. The maximum absolute atomic E-state index is 14.5. The minimum absolute atomic E-state index is 0.228. The normalized spacial score (nSPS) is 15.0. The Morgan fingerprint density at radius 2 is 1.70 bits per heavy atom. The number of nitrogens with zero attached hydrogens (tertiary/aromatic N) is 1. The predicted octanol–water partition coefficient (Wildman–Crippen LogP) is 5.82. The van der Waals surface area contributed by atoms with Gasteiger partial charge in [0.2, 0.25) is 0 Å². The van der Waals surface area contributed by atoms with Gasteiger partial charge in [0, 0.05) is 27.9 Å². The van der Waals surface area contributed by atoms with Crippen molar-refractivity contribution in [2.75, 3.05) is 6.54 Å². The molecule has 3 heteroatoms. The highest BCUT2D eigenvalue weighted by Crippen LogP contribution is 2.41. The topological polar surface area (TPSA) is 3.24 Å². The van der Waals surface area contributed by atoms with Crippen molar-refractivity contribution in [3.8, 4) is 0 Å². The molecule has 23 heavy (non-hydrogen) atoms. The number of hydrogen-bond donors (Lipinski definition) is 0. The number of hydrogen-bond acceptors (Lipinski definition) is 1. The smallest absolute Gasteiger partial charge is 0.132 e. The molecule has 0 radical (unpaired) electrons. The number of allylic oxidation sites excluding steroid dienone is 3. The van der Waals surface area contributed by atoms with Crippen LogP contribution in [-0.2, 0) is 0 Å². The van der Waals surface area contributed by atoms with Crippen LogP contribution in [0.3, 0.4) is 0 Å². The summed E-state index contributed by atoms with van der Waals surface area (Å²) in [5.41, 5.74) is 4.31. The summed E-state index contributed by atoms with van der Waals surface area (Å²) in [4.78, 5) is 2.05. The maximum atomic E-state index is 14.5. The Kier molecular flexibility index (Phi) is 4.49. The van der Waals surface area contributed by atoms with Gasteiger partial charge in [0.05, 0.1) is 5.70 Å². The quantitative estimate of drug-likeness (QED) is 0.658. The molecule has 116 valence electrons. The summed E-state index contributed by atoms with van der Waals surface area (Å²) in [6.45, 7) is 6.89. The van der Waals surface area contributed by atoms with E-state index >= 15 is 0 Å². The van der Waals surface area contributed by atoms with Gasteiger partial charge < -0.3 is 4.90 Å². The van der Waals surface area contributed by atoms with Gasteiger partial charge in [0.15, 0.2) is 0 Å². The molecule has 1 heterocycles. The van der Waals surface area contributed by atoms with Gasteiger partial charge in [-0.15, -0.1) is 0 Å². The molecule has 2 aromatic carbocycles. The molecule has 0 saturated carbocycles. The molecule has 0 fully saturated rings. The molecule has 2 aromatic rings. The Hall–Kier alpha value is -2.13. The first-order valence-electron chi connectivity index (χ1n) is 7.52. The van der Waals surface area contributed by atoms with Crippen LogP contribution in [0, 0.1) is 5.82 Å². The lowest BCUT2D eigenvalue weighted by molar-refractivity contribution is 0.523. The molecule has 1 aliphatic rings. The lowest BCUT2D eigenvalue weighted by Crippen LogP contribution is -2.25. The van der Waals surface area contributed by atoms with Crippen molar-refractivity contribution >= 4 is 27.2 Å². The first kappa shape index (κ1) is 15.8. The van der Waals surface area contributed by atoms with Crippen LogP contribution in [0.5, 0.6) is 0 Å². The lowest BCUT2D eigenvalue weighted by atomic mass is 9.94. The monoisotopic (exact) mass is 369 g/mol. The summed E-state index contributed by atoms with van der Waals surface area (Å²) in [5.74, 6) is -0.228. The molecule has 0 unspecified atom stereocenters. The second-order valence-corrected chi connectivity index (χ2v) is 6.15. The molecule has 0 N–H and O–H groups in total. The van der Waals surface area contributed by atoms with E-state index in [-0.39, 0.29) is 5.82 Å². The second kappa shape index (κ2) is 6.55. The third kappa shape index (κ3) is 2.89. The van der Waals surface area contributed by atoms with Crippen molar-refractivity contribution in [1.29, 1.82) is 0 Å². The van der Waals surface area contributed by atoms with E-state index in [1.807, 2.05) is 60.4 Å². The lowest BCUT2D eigenvalue weighted by Gasteiger charge is -2.34. The summed E-state index contributed by atoms with van der Waals surface area (Å²) >= 11 is 3.58. The third-order valence-electron chi connectivity index (χ3n) is 3.93. The fraction of sp³-hybridized carbons (Fsp3) is 0.100. The minimum atomic E-state index is -0.228. The average Bonchev–Trinajstić information content (AvgIpc) is 2.58. The zero-order valence-electron chi connectivity index (χ0n) is 12.9. The molecule has 0 bridgehead atoms. The highest BCUT2D eigenvalue weighted by Gasteiger charge is 2.25. The summed E-state index contributed by atoms with van der Waals surface area (Å²) in [7, 11) is 0. The van der Waals surface area contributed by atoms with Gasteiger partial charge in [0.1, 0.15) is 5.82 Å². The number of halogens is 2. The maximum Gasteiger partial charge on any atom is 0.132 e. The fourth-order valence-corrected chi connectivity index (χ4v) is 3.26. The van der Waals surface area contributed by atoms with E-state index < -0.39 is 0 Å². The third-order valence-corrected chi connectivity index (χ3v) is 4.61. The first-order chi connectivity index (χ1) is 11.1. The molecule has 0 aliphatic carbocycles. The van der Waals surface area contributed by atoms with Crippen LogP contribution in [0.2, 0.25) is 0 Å². The van der Waals surface area contributed by atoms with Gasteiger partial charge in [-0.1, -0.05) is 49.0 Å². The first-order valence-corrected chi connectivity index (χ1v) is 8.31. The molecule has 0 amide bonds. The van der Waals surface area contributed by atoms with Crippen molar-refractivity contribution < 1.29 is 4.39 Å². The Morgan fingerprint density at radius 3 is 2.35 bits per heavy atom. The van der Waals surface area contributed by atoms with Crippen molar-refractivity contribution in [2.45, 2.75) is 6.92 Å². The standard InChI is InChI=1S/C20H17BrFN/c1-3-23-14(2)18(21)13-17(15-9-5-4-6-10-15)20(23)16-11-7-8-12-19(16)22/h4-13H,2-3H2,1H3.